The number of carbonyl (C=O) groups excluding carboxylic acids is 2. The van der Waals surface area contributed by atoms with Crippen molar-refractivity contribution in [2.24, 2.45) is 5.73 Å². The van der Waals surface area contributed by atoms with Gasteiger partial charge in [0.05, 0.1) is 11.9 Å². The molecule has 0 bridgehead atoms. The lowest BCUT2D eigenvalue weighted by molar-refractivity contribution is -0.123. The smallest absolute Gasteiger partial charge is 0.259 e. The summed E-state index contributed by atoms with van der Waals surface area (Å²) in [5, 5.41) is 9.49. The van der Waals surface area contributed by atoms with Gasteiger partial charge in [0.15, 0.2) is 5.11 Å². The minimum Gasteiger partial charge on any atom is -0.366 e. The van der Waals surface area contributed by atoms with Gasteiger partial charge in [-0.15, -0.1) is 0 Å². The van der Waals surface area contributed by atoms with Crippen LogP contribution in [0, 0.1) is 25.2 Å². The zero-order valence-electron chi connectivity index (χ0n) is 16.1. The first kappa shape index (κ1) is 19.0. The molecule has 4 rings (SSSR count). The van der Waals surface area contributed by atoms with E-state index in [1.54, 1.807) is 25.1 Å². The Morgan fingerprint density at radius 3 is 2.45 bits per heavy atom. The molecule has 0 radical (unpaired) electrons. The van der Waals surface area contributed by atoms with Crippen LogP contribution in [0.4, 0.5) is 11.4 Å². The molecule has 2 aliphatic rings. The number of primary amides is 1. The number of nitrogens with zero attached hydrogens (tertiary/aromatic N) is 4. The molecule has 2 fully saturated rings. The van der Waals surface area contributed by atoms with E-state index in [1.165, 1.54) is 11.1 Å². The first-order valence-corrected chi connectivity index (χ1v) is 9.67. The van der Waals surface area contributed by atoms with Crippen molar-refractivity contribution in [3.05, 3.63) is 52.8 Å². The Morgan fingerprint density at radius 2 is 1.93 bits per heavy atom. The van der Waals surface area contributed by atoms with Gasteiger partial charge in [-0.2, -0.15) is 5.26 Å². The van der Waals surface area contributed by atoms with Gasteiger partial charge in [-0.3, -0.25) is 14.5 Å². The molecule has 2 heterocycles. The predicted molar refractivity (Wildman–Crippen MR) is 113 cm³/mol. The number of hydrogen-bond donors (Lipinski definition) is 1. The maximum Gasteiger partial charge on any atom is 0.259 e. The van der Waals surface area contributed by atoms with Crippen LogP contribution in [0.25, 0.3) is 0 Å². The van der Waals surface area contributed by atoms with Gasteiger partial charge < -0.3 is 10.6 Å². The highest BCUT2D eigenvalue weighted by Crippen LogP contribution is 2.48. The molecule has 2 N–H and O–H groups in total. The van der Waals surface area contributed by atoms with Crippen LogP contribution in [0.15, 0.2) is 30.5 Å². The van der Waals surface area contributed by atoms with Crippen molar-refractivity contribution in [3.63, 3.8) is 0 Å². The number of rotatable bonds is 3. The van der Waals surface area contributed by atoms with Crippen LogP contribution in [-0.2, 0) is 4.79 Å². The summed E-state index contributed by atoms with van der Waals surface area (Å²) in [6.45, 7) is 3.59. The number of hydrogen-bond acceptors (Lipinski definition) is 5. The van der Waals surface area contributed by atoms with Gasteiger partial charge in [0.1, 0.15) is 17.3 Å². The van der Waals surface area contributed by atoms with E-state index in [-0.39, 0.29) is 5.91 Å². The molecule has 1 aromatic heterocycles. The average Bonchev–Trinajstić information content (AvgIpc) is 2.88. The summed E-state index contributed by atoms with van der Waals surface area (Å²) in [7, 11) is 0. The molecule has 146 valence electrons. The van der Waals surface area contributed by atoms with Crippen LogP contribution in [0.1, 0.15) is 46.4 Å². The highest BCUT2D eigenvalue weighted by atomic mass is 32.1. The summed E-state index contributed by atoms with van der Waals surface area (Å²) < 4.78 is 0. The first-order chi connectivity index (χ1) is 13.8. The molecular weight excluding hydrogens is 386 g/mol. The highest BCUT2D eigenvalue weighted by Gasteiger charge is 2.59. The van der Waals surface area contributed by atoms with E-state index in [9.17, 15) is 9.59 Å². The Morgan fingerprint density at radius 1 is 1.24 bits per heavy atom. The van der Waals surface area contributed by atoms with Crippen molar-refractivity contribution in [1.29, 1.82) is 5.26 Å². The normalized spacial score (nSPS) is 17.4. The summed E-state index contributed by atoms with van der Waals surface area (Å²) in [5.74, 6) is -0.579. The van der Waals surface area contributed by atoms with E-state index in [4.69, 9.17) is 23.2 Å². The van der Waals surface area contributed by atoms with E-state index in [0.29, 0.717) is 40.5 Å². The number of nitrogens with two attached hydrogens (primary N) is 1. The predicted octanol–water partition coefficient (Wildman–Crippen LogP) is 2.73. The van der Waals surface area contributed by atoms with Gasteiger partial charge in [0.25, 0.3) is 5.91 Å². The van der Waals surface area contributed by atoms with Crippen LogP contribution in [0.2, 0.25) is 0 Å². The molecule has 2 aromatic rings. The van der Waals surface area contributed by atoms with Crippen molar-refractivity contribution >= 4 is 40.5 Å². The molecule has 1 aromatic carbocycles. The van der Waals surface area contributed by atoms with E-state index in [1.807, 2.05) is 24.0 Å². The lowest BCUT2D eigenvalue weighted by atomic mass is 9.75. The maximum absolute atomic E-state index is 13.5. The molecule has 1 saturated carbocycles. The quantitative estimate of drug-likeness (QED) is 0.788. The van der Waals surface area contributed by atoms with Crippen LogP contribution in [0.3, 0.4) is 0 Å². The number of carbonyl (C=O) groups is 2. The monoisotopic (exact) mass is 405 g/mol. The third-order valence-electron chi connectivity index (χ3n) is 5.75. The molecule has 1 aliphatic carbocycles. The average molecular weight is 405 g/mol. The number of amides is 2. The van der Waals surface area contributed by atoms with Crippen LogP contribution in [0.5, 0.6) is 0 Å². The third kappa shape index (κ3) is 2.69. The number of pyridine rings is 1. The second-order valence-corrected chi connectivity index (χ2v) is 7.84. The van der Waals surface area contributed by atoms with Crippen LogP contribution < -0.4 is 15.5 Å². The lowest BCUT2D eigenvalue weighted by Gasteiger charge is -2.43. The fourth-order valence-electron chi connectivity index (χ4n) is 4.07. The van der Waals surface area contributed by atoms with Gasteiger partial charge in [-0.1, -0.05) is 0 Å². The summed E-state index contributed by atoms with van der Waals surface area (Å²) in [4.78, 5) is 32.6. The Balaban J connectivity index is 1.80. The van der Waals surface area contributed by atoms with Crippen molar-refractivity contribution in [1.82, 2.24) is 4.98 Å². The first-order valence-electron chi connectivity index (χ1n) is 9.26. The second kappa shape index (κ2) is 6.64. The summed E-state index contributed by atoms with van der Waals surface area (Å²) in [6.07, 6.45) is 3.83. The van der Waals surface area contributed by atoms with Crippen LogP contribution in [-0.4, -0.2) is 27.4 Å². The molecule has 1 spiro atoms. The Bertz CT molecular complexity index is 1120. The van der Waals surface area contributed by atoms with Gasteiger partial charge in [0, 0.05) is 11.3 Å². The van der Waals surface area contributed by atoms with E-state index < -0.39 is 11.4 Å². The highest BCUT2D eigenvalue weighted by molar-refractivity contribution is 7.81. The number of aromatic nitrogens is 1. The minimum absolute atomic E-state index is 0.0868. The topological polar surface area (TPSA) is 103 Å². The van der Waals surface area contributed by atoms with Crippen molar-refractivity contribution < 1.29 is 9.59 Å². The Hall–Kier alpha value is -3.31. The largest absolute Gasteiger partial charge is 0.366 e. The van der Waals surface area contributed by atoms with Crippen molar-refractivity contribution in [2.45, 2.75) is 38.6 Å². The minimum atomic E-state index is -0.723. The van der Waals surface area contributed by atoms with Gasteiger partial charge in [-0.05, 0) is 80.7 Å². The van der Waals surface area contributed by atoms with Gasteiger partial charge >= 0.3 is 0 Å². The molecule has 8 heteroatoms. The molecule has 29 heavy (non-hydrogen) atoms. The molecular formula is C21H19N5O2S. The summed E-state index contributed by atoms with van der Waals surface area (Å²) in [6, 6.07) is 9.08. The zero-order valence-corrected chi connectivity index (χ0v) is 16.9. The van der Waals surface area contributed by atoms with Gasteiger partial charge in [-0.25, -0.2) is 4.98 Å². The van der Waals surface area contributed by atoms with Crippen molar-refractivity contribution in [2.75, 3.05) is 9.80 Å². The van der Waals surface area contributed by atoms with E-state index >= 15 is 0 Å². The summed E-state index contributed by atoms with van der Waals surface area (Å²) >= 11 is 5.73. The maximum atomic E-state index is 13.5. The molecule has 7 nitrogen and oxygen atoms in total. The number of aryl methyl sites for hydroxylation is 2. The second-order valence-electron chi connectivity index (χ2n) is 7.48. The fourth-order valence-corrected chi connectivity index (χ4v) is 4.54. The molecule has 0 unspecified atom stereocenters. The fraction of sp³-hybridized carbons (Fsp3) is 0.286. The summed E-state index contributed by atoms with van der Waals surface area (Å²) in [5.41, 5.74) is 8.18. The number of nitriles is 1. The zero-order chi connectivity index (χ0) is 20.9. The molecule has 2 amide bonds. The number of anilines is 2. The van der Waals surface area contributed by atoms with Crippen molar-refractivity contribution in [3.8, 4) is 6.07 Å². The third-order valence-corrected chi connectivity index (χ3v) is 6.12. The van der Waals surface area contributed by atoms with Crippen LogP contribution >= 0.6 is 12.2 Å². The number of thiocarbonyl (C=S) groups is 1. The molecule has 1 saturated heterocycles. The molecule has 1 aliphatic heterocycles. The lowest BCUT2D eigenvalue weighted by Crippen LogP contribution is -2.55. The SMILES string of the molecule is Cc1cc(N2C(=S)N(c3cnc(C#N)c(C)c3)C(=O)C23CCC3)ccc1C(N)=O. The Kier molecular flexibility index (Phi) is 4.35. The number of benzene rings is 1. The Labute approximate surface area is 173 Å². The standard InChI is InChI=1S/C21H19N5O2S/c1-12-8-14(4-5-16(12)18(23)27)26-20(29)25(19(28)21(26)6-3-7-21)15-9-13(2)17(10-22)24-11-15/h4-5,8-9,11H,3,6-7H2,1-2H3,(H2,23,27). The van der Waals surface area contributed by atoms with E-state index in [0.717, 1.165) is 17.7 Å². The molecule has 0 atom stereocenters. The van der Waals surface area contributed by atoms with Gasteiger partial charge in [0.2, 0.25) is 5.91 Å². The van der Waals surface area contributed by atoms with E-state index in [2.05, 4.69) is 4.98 Å².